The molecule has 1 aliphatic rings. The first kappa shape index (κ1) is 17.0. The largest absolute Gasteiger partial charge is 0.369 e. The lowest BCUT2D eigenvalue weighted by atomic mass is 10.0. The molecular formula is C24H24N4. The van der Waals surface area contributed by atoms with E-state index in [0.29, 0.717) is 0 Å². The highest BCUT2D eigenvalue weighted by atomic mass is 15.3. The summed E-state index contributed by atoms with van der Waals surface area (Å²) in [5.74, 6) is 0. The molecule has 4 heteroatoms. The van der Waals surface area contributed by atoms with Gasteiger partial charge in [-0.05, 0) is 53.9 Å². The number of benzene rings is 3. The Bertz CT molecular complexity index is 1110. The molecule has 0 radical (unpaired) electrons. The second-order valence-electron chi connectivity index (χ2n) is 7.45. The summed E-state index contributed by atoms with van der Waals surface area (Å²) in [6, 6.07) is 24.0. The number of aromatic nitrogens is 2. The number of piperazine rings is 1. The Morgan fingerprint density at radius 3 is 2.39 bits per heavy atom. The molecule has 4 nitrogen and oxygen atoms in total. The Hall–Kier alpha value is -3.11. The monoisotopic (exact) mass is 368 g/mol. The summed E-state index contributed by atoms with van der Waals surface area (Å²) in [7, 11) is 0. The van der Waals surface area contributed by atoms with Crippen LogP contribution in [0.4, 0.5) is 5.69 Å². The molecule has 1 fully saturated rings. The lowest BCUT2D eigenvalue weighted by Crippen LogP contribution is -2.43. The van der Waals surface area contributed by atoms with Crippen LogP contribution >= 0.6 is 0 Å². The summed E-state index contributed by atoms with van der Waals surface area (Å²) < 4.78 is 2.03. The average molecular weight is 368 g/mol. The van der Waals surface area contributed by atoms with E-state index in [4.69, 9.17) is 0 Å². The highest BCUT2D eigenvalue weighted by Gasteiger charge is 2.11. The molecule has 3 aromatic carbocycles. The molecule has 0 saturated carbocycles. The Labute approximate surface area is 165 Å². The Balaban J connectivity index is 1.50. The molecule has 4 aromatic rings. The SMILES string of the molecule is Cc1cccc(-n2ncc3ccc(-c4ccc(N5CCNCC5)cc4)cc32)c1. The van der Waals surface area contributed by atoms with Gasteiger partial charge >= 0.3 is 0 Å². The van der Waals surface area contributed by atoms with E-state index in [-0.39, 0.29) is 0 Å². The van der Waals surface area contributed by atoms with Gasteiger partial charge < -0.3 is 10.2 Å². The first-order valence-corrected chi connectivity index (χ1v) is 9.89. The second kappa shape index (κ2) is 7.13. The number of hydrogen-bond acceptors (Lipinski definition) is 3. The van der Waals surface area contributed by atoms with Gasteiger partial charge in [-0.15, -0.1) is 0 Å². The van der Waals surface area contributed by atoms with Crippen molar-refractivity contribution in [2.45, 2.75) is 6.92 Å². The molecule has 1 N–H and O–H groups in total. The maximum atomic E-state index is 4.62. The molecule has 1 saturated heterocycles. The topological polar surface area (TPSA) is 33.1 Å². The number of nitrogens with one attached hydrogen (secondary N) is 1. The minimum atomic E-state index is 1.06. The highest BCUT2D eigenvalue weighted by Crippen LogP contribution is 2.28. The number of aryl methyl sites for hydroxylation is 1. The Morgan fingerprint density at radius 2 is 1.61 bits per heavy atom. The van der Waals surface area contributed by atoms with Gasteiger partial charge in [-0.25, -0.2) is 4.68 Å². The van der Waals surface area contributed by atoms with Gasteiger partial charge in [0.15, 0.2) is 0 Å². The fraction of sp³-hybridized carbons (Fsp3) is 0.208. The first-order chi connectivity index (χ1) is 13.8. The summed E-state index contributed by atoms with van der Waals surface area (Å²) in [6.45, 7) is 6.37. The summed E-state index contributed by atoms with van der Waals surface area (Å²) in [4.78, 5) is 2.44. The number of hydrogen-bond donors (Lipinski definition) is 1. The van der Waals surface area contributed by atoms with E-state index < -0.39 is 0 Å². The van der Waals surface area contributed by atoms with Gasteiger partial charge in [-0.3, -0.25) is 0 Å². The quantitative estimate of drug-likeness (QED) is 0.581. The van der Waals surface area contributed by atoms with Crippen LogP contribution in [0.2, 0.25) is 0 Å². The van der Waals surface area contributed by atoms with Gasteiger partial charge in [-0.1, -0.05) is 36.4 Å². The van der Waals surface area contributed by atoms with E-state index in [0.717, 1.165) is 42.8 Å². The second-order valence-corrected chi connectivity index (χ2v) is 7.45. The minimum absolute atomic E-state index is 1.06. The van der Waals surface area contributed by atoms with Crippen LogP contribution in [0, 0.1) is 6.92 Å². The van der Waals surface area contributed by atoms with E-state index in [2.05, 4.69) is 89.0 Å². The first-order valence-electron chi connectivity index (χ1n) is 9.89. The fourth-order valence-corrected chi connectivity index (χ4v) is 3.95. The zero-order valence-corrected chi connectivity index (χ0v) is 16.1. The maximum Gasteiger partial charge on any atom is 0.0747 e. The van der Waals surface area contributed by atoms with Gasteiger partial charge in [0.05, 0.1) is 17.4 Å². The van der Waals surface area contributed by atoms with Crippen molar-refractivity contribution in [3.8, 4) is 16.8 Å². The third-order valence-corrected chi connectivity index (χ3v) is 5.50. The molecule has 1 aliphatic heterocycles. The van der Waals surface area contributed by atoms with Gasteiger partial charge in [0.2, 0.25) is 0 Å². The smallest absolute Gasteiger partial charge is 0.0747 e. The van der Waals surface area contributed by atoms with Crippen molar-refractivity contribution in [2.24, 2.45) is 0 Å². The predicted octanol–water partition coefficient (Wildman–Crippen LogP) is 4.41. The molecule has 1 aromatic heterocycles. The van der Waals surface area contributed by atoms with Crippen molar-refractivity contribution in [1.29, 1.82) is 0 Å². The number of rotatable bonds is 3. The normalized spacial score (nSPS) is 14.5. The van der Waals surface area contributed by atoms with Crippen LogP contribution in [-0.4, -0.2) is 36.0 Å². The van der Waals surface area contributed by atoms with E-state index in [1.54, 1.807) is 0 Å². The molecule has 0 spiro atoms. The van der Waals surface area contributed by atoms with Crippen LogP contribution < -0.4 is 10.2 Å². The molecular weight excluding hydrogens is 344 g/mol. The summed E-state index contributed by atoms with van der Waals surface area (Å²) in [5, 5.41) is 9.18. The number of anilines is 1. The van der Waals surface area contributed by atoms with E-state index >= 15 is 0 Å². The third-order valence-electron chi connectivity index (χ3n) is 5.50. The maximum absolute atomic E-state index is 4.62. The number of fused-ring (bicyclic) bond motifs is 1. The molecule has 0 aliphatic carbocycles. The zero-order chi connectivity index (χ0) is 18.9. The highest BCUT2D eigenvalue weighted by molar-refractivity contribution is 5.85. The molecule has 0 bridgehead atoms. The van der Waals surface area contributed by atoms with Crippen LogP contribution in [0.15, 0.2) is 72.9 Å². The van der Waals surface area contributed by atoms with Crippen LogP contribution in [0.1, 0.15) is 5.56 Å². The molecule has 28 heavy (non-hydrogen) atoms. The van der Waals surface area contributed by atoms with Gasteiger partial charge in [0.1, 0.15) is 0 Å². The van der Waals surface area contributed by atoms with Crippen molar-refractivity contribution in [2.75, 3.05) is 31.1 Å². The van der Waals surface area contributed by atoms with Crippen LogP contribution in [0.3, 0.4) is 0 Å². The van der Waals surface area contributed by atoms with Crippen molar-refractivity contribution < 1.29 is 0 Å². The molecule has 0 atom stereocenters. The average Bonchev–Trinajstić information content (AvgIpc) is 3.18. The van der Waals surface area contributed by atoms with Gasteiger partial charge in [0, 0.05) is 37.3 Å². The number of nitrogens with zero attached hydrogens (tertiary/aromatic N) is 3. The van der Waals surface area contributed by atoms with E-state index in [1.165, 1.54) is 22.4 Å². The van der Waals surface area contributed by atoms with Crippen molar-refractivity contribution >= 4 is 16.6 Å². The minimum Gasteiger partial charge on any atom is -0.369 e. The lowest BCUT2D eigenvalue weighted by molar-refractivity contribution is 0.589. The van der Waals surface area contributed by atoms with E-state index in [1.807, 2.05) is 10.9 Å². The van der Waals surface area contributed by atoms with Crippen LogP contribution in [0.25, 0.3) is 27.7 Å². The van der Waals surface area contributed by atoms with Crippen molar-refractivity contribution in [3.05, 3.63) is 78.5 Å². The molecule has 0 amide bonds. The predicted molar refractivity (Wildman–Crippen MR) is 116 cm³/mol. The Kier molecular flexibility index (Phi) is 4.34. The van der Waals surface area contributed by atoms with Crippen molar-refractivity contribution in [1.82, 2.24) is 15.1 Å². The summed E-state index contributed by atoms with van der Waals surface area (Å²) >= 11 is 0. The summed E-state index contributed by atoms with van der Waals surface area (Å²) in [5.41, 5.74) is 7.22. The molecule has 0 unspecified atom stereocenters. The van der Waals surface area contributed by atoms with Gasteiger partial charge in [-0.2, -0.15) is 5.10 Å². The fourth-order valence-electron chi connectivity index (χ4n) is 3.95. The van der Waals surface area contributed by atoms with Crippen molar-refractivity contribution in [3.63, 3.8) is 0 Å². The molecule has 140 valence electrons. The van der Waals surface area contributed by atoms with Crippen LogP contribution in [0.5, 0.6) is 0 Å². The summed E-state index contributed by atoms with van der Waals surface area (Å²) in [6.07, 6.45) is 1.94. The van der Waals surface area contributed by atoms with E-state index in [9.17, 15) is 0 Å². The van der Waals surface area contributed by atoms with Crippen LogP contribution in [-0.2, 0) is 0 Å². The lowest BCUT2D eigenvalue weighted by Gasteiger charge is -2.29. The Morgan fingerprint density at radius 1 is 0.821 bits per heavy atom. The molecule has 5 rings (SSSR count). The standard InChI is InChI=1S/C24H24N4/c1-18-3-2-4-23(15-18)28-24-16-20(5-6-21(24)17-26-28)19-7-9-22(10-8-19)27-13-11-25-12-14-27/h2-10,15-17,25H,11-14H2,1H3. The molecule has 2 heterocycles. The van der Waals surface area contributed by atoms with Gasteiger partial charge in [0.25, 0.3) is 0 Å². The zero-order valence-electron chi connectivity index (χ0n) is 16.1. The third kappa shape index (κ3) is 3.16.